The lowest BCUT2D eigenvalue weighted by molar-refractivity contribution is -0.128. The first-order chi connectivity index (χ1) is 7.60. The third-order valence-corrected chi connectivity index (χ3v) is 3.40. The quantitative estimate of drug-likeness (QED) is 0.578. The standard InChI is InChI=1S/C10H18N2O3S/c1-2-3-7(9(11)13)8(16-15)10(14)12-6-4-5-6/h6-8,15H,2-5H2,1H3,(H2,11,13)(H,12,14)/t7-,8?/m0/s1. The molecule has 0 heterocycles. The first-order valence-corrected chi connectivity index (χ1v) is 6.33. The Morgan fingerprint density at radius 3 is 2.56 bits per heavy atom. The number of hydrogen-bond donors (Lipinski definition) is 3. The molecule has 2 atom stereocenters. The molecule has 1 aliphatic rings. The molecule has 2 amide bonds. The first kappa shape index (κ1) is 13.3. The Labute approximate surface area is 99.4 Å². The van der Waals surface area contributed by atoms with Gasteiger partial charge < -0.3 is 15.6 Å². The molecule has 0 aromatic carbocycles. The van der Waals surface area contributed by atoms with Crippen LogP contribution in [-0.2, 0) is 9.59 Å². The smallest absolute Gasteiger partial charge is 0.236 e. The molecule has 0 bridgehead atoms. The zero-order chi connectivity index (χ0) is 12.1. The summed E-state index contributed by atoms with van der Waals surface area (Å²) in [5.41, 5.74) is 5.24. The average molecular weight is 246 g/mol. The summed E-state index contributed by atoms with van der Waals surface area (Å²) in [4.78, 5) is 23.0. The van der Waals surface area contributed by atoms with Gasteiger partial charge in [0.15, 0.2) is 0 Å². The van der Waals surface area contributed by atoms with E-state index in [0.717, 1.165) is 19.3 Å². The van der Waals surface area contributed by atoms with Gasteiger partial charge in [0.05, 0.1) is 5.92 Å². The van der Waals surface area contributed by atoms with Crippen molar-refractivity contribution in [2.45, 2.75) is 43.9 Å². The van der Waals surface area contributed by atoms with Crippen LogP contribution >= 0.6 is 12.0 Å². The van der Waals surface area contributed by atoms with Crippen LogP contribution in [0, 0.1) is 5.92 Å². The van der Waals surface area contributed by atoms with Crippen molar-refractivity contribution in [2.75, 3.05) is 0 Å². The summed E-state index contributed by atoms with van der Waals surface area (Å²) in [6, 6.07) is 0.220. The minimum atomic E-state index is -0.780. The second-order valence-corrected chi connectivity index (χ2v) is 4.83. The van der Waals surface area contributed by atoms with E-state index in [9.17, 15) is 9.59 Å². The van der Waals surface area contributed by atoms with Gasteiger partial charge in [-0.1, -0.05) is 13.3 Å². The molecule has 0 aliphatic heterocycles. The third-order valence-electron chi connectivity index (χ3n) is 2.63. The van der Waals surface area contributed by atoms with Gasteiger partial charge >= 0.3 is 0 Å². The van der Waals surface area contributed by atoms with E-state index in [1.165, 1.54) is 0 Å². The average Bonchev–Trinajstić information content (AvgIpc) is 3.01. The van der Waals surface area contributed by atoms with Crippen LogP contribution in [0.2, 0.25) is 0 Å². The number of nitrogens with one attached hydrogen (secondary N) is 1. The highest BCUT2D eigenvalue weighted by atomic mass is 32.2. The van der Waals surface area contributed by atoms with Crippen molar-refractivity contribution in [3.63, 3.8) is 0 Å². The number of carbonyl (C=O) groups excluding carboxylic acids is 2. The summed E-state index contributed by atoms with van der Waals surface area (Å²) < 4.78 is 9.12. The van der Waals surface area contributed by atoms with E-state index < -0.39 is 17.1 Å². The van der Waals surface area contributed by atoms with Gasteiger partial charge in [0.25, 0.3) is 0 Å². The minimum Gasteiger partial charge on any atom is -0.369 e. The van der Waals surface area contributed by atoms with Crippen molar-refractivity contribution in [1.29, 1.82) is 0 Å². The molecule has 6 heteroatoms. The number of hydrogen-bond acceptors (Lipinski definition) is 4. The van der Waals surface area contributed by atoms with E-state index in [4.69, 9.17) is 10.3 Å². The van der Waals surface area contributed by atoms with Crippen molar-refractivity contribution in [3.8, 4) is 0 Å². The van der Waals surface area contributed by atoms with Crippen LogP contribution < -0.4 is 11.1 Å². The molecule has 92 valence electrons. The number of carbonyl (C=O) groups is 2. The number of rotatable bonds is 7. The van der Waals surface area contributed by atoms with E-state index in [0.29, 0.717) is 18.5 Å². The molecule has 1 saturated carbocycles. The van der Waals surface area contributed by atoms with Crippen LogP contribution in [0.25, 0.3) is 0 Å². The molecule has 0 aromatic rings. The SMILES string of the molecule is CCC[C@H](C(N)=O)C(SO)C(=O)NC1CC1. The van der Waals surface area contributed by atoms with Crippen molar-refractivity contribution >= 4 is 23.9 Å². The van der Waals surface area contributed by atoms with Crippen LogP contribution in [0.15, 0.2) is 0 Å². The van der Waals surface area contributed by atoms with Crippen LogP contribution in [0.5, 0.6) is 0 Å². The van der Waals surface area contributed by atoms with E-state index in [-0.39, 0.29) is 11.9 Å². The summed E-state index contributed by atoms with van der Waals surface area (Å²) in [6.07, 6.45) is 3.22. The molecule has 4 N–H and O–H groups in total. The van der Waals surface area contributed by atoms with E-state index in [2.05, 4.69) is 5.32 Å². The fourth-order valence-electron chi connectivity index (χ4n) is 1.57. The minimum absolute atomic E-state index is 0.220. The van der Waals surface area contributed by atoms with Crippen LogP contribution in [0.3, 0.4) is 0 Å². The number of amides is 2. The van der Waals surface area contributed by atoms with Crippen LogP contribution in [0.4, 0.5) is 0 Å². The zero-order valence-electron chi connectivity index (χ0n) is 9.31. The molecule has 5 nitrogen and oxygen atoms in total. The summed E-state index contributed by atoms with van der Waals surface area (Å²) in [7, 11) is 0. The Kier molecular flexibility index (Phi) is 5.08. The number of nitrogens with two attached hydrogens (primary N) is 1. The third kappa shape index (κ3) is 3.68. The van der Waals surface area contributed by atoms with Gasteiger partial charge in [0.1, 0.15) is 5.25 Å². The van der Waals surface area contributed by atoms with Gasteiger partial charge in [-0.15, -0.1) is 0 Å². The van der Waals surface area contributed by atoms with Gasteiger partial charge in [0, 0.05) is 18.1 Å². The Hall–Kier alpha value is -0.750. The highest BCUT2D eigenvalue weighted by molar-refractivity contribution is 7.95. The van der Waals surface area contributed by atoms with Gasteiger partial charge in [-0.3, -0.25) is 9.59 Å². The largest absolute Gasteiger partial charge is 0.369 e. The lowest BCUT2D eigenvalue weighted by atomic mass is 9.98. The molecular formula is C10H18N2O3S. The fourth-order valence-corrected chi connectivity index (χ4v) is 2.15. The summed E-state index contributed by atoms with van der Waals surface area (Å²) in [5.74, 6) is -1.41. The predicted molar refractivity (Wildman–Crippen MR) is 62.8 cm³/mol. The topological polar surface area (TPSA) is 92.4 Å². The van der Waals surface area contributed by atoms with Crippen molar-refractivity contribution < 1.29 is 14.1 Å². The molecule has 1 rings (SSSR count). The Bertz CT molecular complexity index is 269. The Morgan fingerprint density at radius 1 is 1.56 bits per heavy atom. The predicted octanol–water partition coefficient (Wildman–Crippen LogP) is 0.741. The molecule has 0 radical (unpaired) electrons. The normalized spacial score (nSPS) is 18.9. The van der Waals surface area contributed by atoms with Gasteiger partial charge in [-0.05, 0) is 19.3 Å². The maximum Gasteiger partial charge on any atom is 0.236 e. The van der Waals surface area contributed by atoms with Crippen LogP contribution in [0.1, 0.15) is 32.6 Å². The second-order valence-electron chi connectivity index (χ2n) is 4.11. The zero-order valence-corrected chi connectivity index (χ0v) is 10.1. The Balaban J connectivity index is 2.59. The molecule has 1 aliphatic carbocycles. The maximum absolute atomic E-state index is 11.7. The highest BCUT2D eigenvalue weighted by Gasteiger charge is 2.35. The Morgan fingerprint density at radius 2 is 2.19 bits per heavy atom. The summed E-state index contributed by atoms with van der Waals surface area (Å²) in [5, 5.41) is 1.99. The second kappa shape index (κ2) is 6.10. The molecule has 0 spiro atoms. The molecule has 16 heavy (non-hydrogen) atoms. The molecular weight excluding hydrogens is 228 g/mol. The lowest BCUT2D eigenvalue weighted by Crippen LogP contribution is -2.43. The van der Waals surface area contributed by atoms with Gasteiger partial charge in [-0.2, -0.15) is 0 Å². The lowest BCUT2D eigenvalue weighted by Gasteiger charge is -2.20. The van der Waals surface area contributed by atoms with E-state index in [1.807, 2.05) is 6.92 Å². The molecule has 1 fully saturated rings. The summed E-state index contributed by atoms with van der Waals surface area (Å²) in [6.45, 7) is 1.91. The first-order valence-electron chi connectivity index (χ1n) is 5.50. The molecule has 0 aromatic heterocycles. The highest BCUT2D eigenvalue weighted by Crippen LogP contribution is 2.24. The van der Waals surface area contributed by atoms with Crippen molar-refractivity contribution in [3.05, 3.63) is 0 Å². The summed E-state index contributed by atoms with van der Waals surface area (Å²) >= 11 is 0.411. The molecule has 0 saturated heterocycles. The van der Waals surface area contributed by atoms with E-state index >= 15 is 0 Å². The van der Waals surface area contributed by atoms with Crippen molar-refractivity contribution in [1.82, 2.24) is 5.32 Å². The molecule has 1 unspecified atom stereocenters. The van der Waals surface area contributed by atoms with Crippen LogP contribution in [-0.4, -0.2) is 27.7 Å². The van der Waals surface area contributed by atoms with Crippen molar-refractivity contribution in [2.24, 2.45) is 11.7 Å². The maximum atomic E-state index is 11.7. The fraction of sp³-hybridized carbons (Fsp3) is 0.800. The number of primary amides is 1. The van der Waals surface area contributed by atoms with Gasteiger partial charge in [0.2, 0.25) is 11.8 Å². The van der Waals surface area contributed by atoms with E-state index in [1.54, 1.807) is 0 Å². The monoisotopic (exact) mass is 246 g/mol. The van der Waals surface area contributed by atoms with Gasteiger partial charge in [-0.25, -0.2) is 0 Å².